The van der Waals surface area contributed by atoms with Crippen molar-refractivity contribution in [1.82, 2.24) is 19.2 Å². The fraction of sp³-hybridized carbons (Fsp3) is 0.286. The van der Waals surface area contributed by atoms with Crippen LogP contribution < -0.4 is 10.6 Å². The summed E-state index contributed by atoms with van der Waals surface area (Å²) in [6.45, 7) is 1.31. The first-order valence-corrected chi connectivity index (χ1v) is 10.3. The van der Waals surface area contributed by atoms with E-state index in [0.717, 1.165) is 13.0 Å². The van der Waals surface area contributed by atoms with Crippen molar-refractivity contribution in [3.05, 3.63) is 68.8 Å². The second-order valence-electron chi connectivity index (χ2n) is 7.40. The average Bonchev–Trinajstić information content (AvgIpc) is 2.92. The molecule has 1 aliphatic rings. The van der Waals surface area contributed by atoms with E-state index in [1.807, 2.05) is 19.0 Å². The number of carbonyl (C=O) groups is 1. The van der Waals surface area contributed by atoms with Gasteiger partial charge in [-0.25, -0.2) is 14.0 Å². The van der Waals surface area contributed by atoms with Crippen LogP contribution in [0.15, 0.2) is 47.3 Å². The molecule has 30 heavy (non-hydrogen) atoms. The van der Waals surface area contributed by atoms with Gasteiger partial charge in [-0.05, 0) is 57.4 Å². The number of halogens is 2. The van der Waals surface area contributed by atoms with E-state index < -0.39 is 0 Å². The first kappa shape index (κ1) is 20.7. The maximum atomic E-state index is 13.3. The summed E-state index contributed by atoms with van der Waals surface area (Å²) in [4.78, 5) is 30.0. The lowest BCUT2D eigenvalue weighted by molar-refractivity contribution is -0.117. The van der Waals surface area contributed by atoms with Crippen LogP contribution in [0, 0.1) is 0 Å². The van der Waals surface area contributed by atoms with Gasteiger partial charge >= 0.3 is 5.69 Å². The van der Waals surface area contributed by atoms with Crippen LogP contribution in [0.1, 0.15) is 12.2 Å². The number of fused-ring (bicyclic) bond motifs is 3. The molecule has 7 nitrogen and oxygen atoms in total. The van der Waals surface area contributed by atoms with E-state index in [0.29, 0.717) is 39.5 Å². The Bertz CT molecular complexity index is 1170. The van der Waals surface area contributed by atoms with Crippen molar-refractivity contribution < 1.29 is 4.79 Å². The van der Waals surface area contributed by atoms with E-state index in [-0.39, 0.29) is 18.0 Å². The third-order valence-electron chi connectivity index (χ3n) is 4.95. The van der Waals surface area contributed by atoms with Crippen molar-refractivity contribution in [2.24, 2.45) is 0 Å². The Balaban J connectivity index is 1.86. The zero-order chi connectivity index (χ0) is 21.4. The quantitative estimate of drug-likeness (QED) is 0.602. The number of hydrogen-bond donors (Lipinski definition) is 0. The molecule has 1 amide bonds. The summed E-state index contributed by atoms with van der Waals surface area (Å²) in [5.41, 5.74) is 1.30. The van der Waals surface area contributed by atoms with E-state index in [1.54, 1.807) is 42.5 Å². The highest BCUT2D eigenvalue weighted by Crippen LogP contribution is 2.38. The lowest BCUT2D eigenvalue weighted by atomic mass is 10.2. The van der Waals surface area contributed by atoms with Crippen LogP contribution in [0.25, 0.3) is 5.69 Å². The predicted octanol–water partition coefficient (Wildman–Crippen LogP) is 3.51. The van der Waals surface area contributed by atoms with Crippen LogP contribution in [0.4, 0.5) is 11.4 Å². The van der Waals surface area contributed by atoms with Crippen molar-refractivity contribution in [3.63, 3.8) is 0 Å². The summed E-state index contributed by atoms with van der Waals surface area (Å²) in [6, 6.07) is 12.2. The number of aryl methyl sites for hydroxylation is 1. The number of anilines is 2. The number of hydrogen-bond acceptors (Lipinski definition) is 4. The minimum atomic E-state index is -0.277. The summed E-state index contributed by atoms with van der Waals surface area (Å²) in [5, 5.41) is 5.35. The van der Waals surface area contributed by atoms with Crippen LogP contribution in [0.2, 0.25) is 10.0 Å². The number of amides is 1. The first-order valence-electron chi connectivity index (χ1n) is 9.57. The van der Waals surface area contributed by atoms with E-state index in [2.05, 4.69) is 5.10 Å². The maximum Gasteiger partial charge on any atom is 0.350 e. The Kier molecular flexibility index (Phi) is 5.69. The Morgan fingerprint density at radius 1 is 1.03 bits per heavy atom. The van der Waals surface area contributed by atoms with Crippen LogP contribution in [0.5, 0.6) is 0 Å². The molecule has 9 heteroatoms. The fourth-order valence-corrected chi connectivity index (χ4v) is 3.99. The van der Waals surface area contributed by atoms with E-state index >= 15 is 0 Å². The molecule has 0 saturated carbocycles. The molecule has 0 aliphatic carbocycles. The van der Waals surface area contributed by atoms with Crippen molar-refractivity contribution in [3.8, 4) is 5.69 Å². The molecule has 1 aliphatic heterocycles. The number of benzene rings is 2. The minimum Gasteiger partial charge on any atom is -0.309 e. The monoisotopic (exact) mass is 445 g/mol. The number of rotatable bonds is 5. The van der Waals surface area contributed by atoms with Gasteiger partial charge in [-0.3, -0.25) is 9.69 Å². The fourth-order valence-electron chi connectivity index (χ4n) is 3.60. The van der Waals surface area contributed by atoms with Gasteiger partial charge in [-0.2, -0.15) is 5.10 Å². The van der Waals surface area contributed by atoms with Crippen molar-refractivity contribution in [2.75, 3.05) is 25.5 Å². The SMILES string of the molecule is CN(C)CCCn1nc2n(c1=O)-c1ccc(Cl)cc1N(c1ccccc1Cl)C(=O)C2. The lowest BCUT2D eigenvalue weighted by Crippen LogP contribution is -2.28. The zero-order valence-electron chi connectivity index (χ0n) is 16.7. The molecule has 0 radical (unpaired) electrons. The van der Waals surface area contributed by atoms with Crippen molar-refractivity contribution in [1.29, 1.82) is 0 Å². The third-order valence-corrected chi connectivity index (χ3v) is 5.51. The molecule has 0 bridgehead atoms. The van der Waals surface area contributed by atoms with Gasteiger partial charge < -0.3 is 4.90 Å². The molecule has 3 aromatic rings. The van der Waals surface area contributed by atoms with E-state index in [9.17, 15) is 9.59 Å². The van der Waals surface area contributed by atoms with Crippen LogP contribution in [0.3, 0.4) is 0 Å². The highest BCUT2D eigenvalue weighted by Gasteiger charge is 2.31. The Morgan fingerprint density at radius 3 is 2.53 bits per heavy atom. The van der Waals surface area contributed by atoms with Gasteiger partial charge in [0.2, 0.25) is 5.91 Å². The largest absolute Gasteiger partial charge is 0.350 e. The molecule has 2 heterocycles. The van der Waals surface area contributed by atoms with Crippen molar-refractivity contribution in [2.45, 2.75) is 19.4 Å². The van der Waals surface area contributed by atoms with Gasteiger partial charge in [-0.1, -0.05) is 35.3 Å². The molecule has 156 valence electrons. The topological polar surface area (TPSA) is 63.4 Å². The molecule has 0 N–H and O–H groups in total. The Labute approximate surface area is 184 Å². The normalized spacial score (nSPS) is 13.4. The lowest BCUT2D eigenvalue weighted by Gasteiger charge is -2.24. The third kappa shape index (κ3) is 3.76. The zero-order valence-corrected chi connectivity index (χ0v) is 18.2. The molecule has 0 atom stereocenters. The molecule has 0 fully saturated rings. The second-order valence-corrected chi connectivity index (χ2v) is 8.25. The molecular weight excluding hydrogens is 425 g/mol. The minimum absolute atomic E-state index is 0.0343. The summed E-state index contributed by atoms with van der Waals surface area (Å²) in [6.07, 6.45) is 0.740. The first-order chi connectivity index (χ1) is 14.4. The molecule has 0 saturated heterocycles. The molecule has 0 spiro atoms. The molecule has 4 rings (SSSR count). The summed E-state index contributed by atoms with van der Waals surface area (Å²) in [5.74, 6) is 0.156. The van der Waals surface area contributed by atoms with Gasteiger partial charge in [0, 0.05) is 11.6 Å². The number of para-hydroxylation sites is 1. The Hall–Kier alpha value is -2.61. The van der Waals surface area contributed by atoms with Gasteiger partial charge in [0.1, 0.15) is 5.82 Å². The summed E-state index contributed by atoms with van der Waals surface area (Å²) in [7, 11) is 3.96. The van der Waals surface area contributed by atoms with Gasteiger partial charge in [0.25, 0.3) is 0 Å². The molecule has 1 aromatic heterocycles. The summed E-state index contributed by atoms with van der Waals surface area (Å²) < 4.78 is 2.92. The second kappa shape index (κ2) is 8.26. The van der Waals surface area contributed by atoms with Crippen molar-refractivity contribution >= 4 is 40.5 Å². The predicted molar refractivity (Wildman–Crippen MR) is 118 cm³/mol. The molecule has 0 unspecified atom stereocenters. The number of carbonyl (C=O) groups excluding carboxylic acids is 1. The Morgan fingerprint density at radius 2 is 1.80 bits per heavy atom. The van der Waals surface area contributed by atoms with Crippen LogP contribution in [-0.2, 0) is 17.8 Å². The van der Waals surface area contributed by atoms with E-state index in [4.69, 9.17) is 23.2 Å². The average molecular weight is 446 g/mol. The highest BCUT2D eigenvalue weighted by molar-refractivity contribution is 6.34. The van der Waals surface area contributed by atoms with E-state index in [1.165, 1.54) is 14.1 Å². The molecule has 2 aromatic carbocycles. The smallest absolute Gasteiger partial charge is 0.309 e. The van der Waals surface area contributed by atoms with Gasteiger partial charge in [0.05, 0.1) is 28.5 Å². The molecular formula is C21H21Cl2N5O2. The maximum absolute atomic E-state index is 13.3. The van der Waals surface area contributed by atoms with Crippen LogP contribution >= 0.6 is 23.2 Å². The standard InChI is InChI=1S/C21H21Cl2N5O2/c1-25(2)10-5-11-26-21(30)28-17-9-8-14(22)12-18(17)27(20(29)13-19(28)24-26)16-7-4-3-6-15(16)23/h3-4,6-9,12H,5,10-11,13H2,1-2H3. The number of nitrogens with zero attached hydrogens (tertiary/aromatic N) is 5. The number of aromatic nitrogens is 3. The summed E-state index contributed by atoms with van der Waals surface area (Å²) >= 11 is 12.6. The van der Waals surface area contributed by atoms with Crippen LogP contribution in [-0.4, -0.2) is 45.8 Å². The van der Waals surface area contributed by atoms with Gasteiger partial charge in [-0.15, -0.1) is 0 Å². The van der Waals surface area contributed by atoms with Gasteiger partial charge in [0.15, 0.2) is 0 Å². The highest BCUT2D eigenvalue weighted by atomic mass is 35.5.